The molecule has 1 aromatic rings. The van der Waals surface area contributed by atoms with E-state index in [0.29, 0.717) is 16.1 Å². The average Bonchev–Trinajstić information content (AvgIpc) is 2.37. The molecular formula is C14H19BrN2O3. The molecule has 0 saturated heterocycles. The number of nitrogens with one attached hydrogen (secondary N) is 2. The maximum absolute atomic E-state index is 11.9. The molecule has 110 valence electrons. The zero-order valence-corrected chi connectivity index (χ0v) is 13.3. The van der Waals surface area contributed by atoms with Crippen molar-refractivity contribution >= 4 is 33.6 Å². The van der Waals surface area contributed by atoms with Gasteiger partial charge in [0.05, 0.1) is 5.56 Å². The van der Waals surface area contributed by atoms with Gasteiger partial charge in [0.1, 0.15) is 0 Å². The van der Waals surface area contributed by atoms with E-state index in [1.54, 1.807) is 12.1 Å². The first-order valence-electron chi connectivity index (χ1n) is 6.45. The van der Waals surface area contributed by atoms with Crippen LogP contribution >= 0.6 is 15.9 Å². The molecule has 1 aromatic carbocycles. The largest absolute Gasteiger partial charge is 0.478 e. The van der Waals surface area contributed by atoms with Crippen LogP contribution in [0.2, 0.25) is 0 Å². The number of benzene rings is 1. The molecule has 0 aliphatic heterocycles. The predicted molar refractivity (Wildman–Crippen MR) is 82.2 cm³/mol. The maximum Gasteiger partial charge on any atom is 0.336 e. The summed E-state index contributed by atoms with van der Waals surface area (Å²) < 4.78 is 0.476. The van der Waals surface area contributed by atoms with Gasteiger partial charge in [-0.25, -0.2) is 9.59 Å². The molecule has 1 rings (SSSR count). The van der Waals surface area contributed by atoms with Crippen LogP contribution in [-0.4, -0.2) is 23.1 Å². The number of aromatic carboxylic acids is 1. The van der Waals surface area contributed by atoms with E-state index in [-0.39, 0.29) is 17.6 Å². The molecule has 0 radical (unpaired) electrons. The summed E-state index contributed by atoms with van der Waals surface area (Å²) in [6, 6.07) is 4.42. The standard InChI is InChI=1S/C14H19BrN2O3/c1-4-12(8(2)3)17-14(20)16-9-5-6-11(15)10(7-9)13(18)19/h5-8,12H,4H2,1-3H3,(H,18,19)(H2,16,17,20). The van der Waals surface area contributed by atoms with E-state index in [2.05, 4.69) is 26.6 Å². The quantitative estimate of drug-likeness (QED) is 0.763. The van der Waals surface area contributed by atoms with E-state index in [1.807, 2.05) is 20.8 Å². The first-order chi connectivity index (χ1) is 9.35. The summed E-state index contributed by atoms with van der Waals surface area (Å²) in [5.41, 5.74) is 0.556. The van der Waals surface area contributed by atoms with Crippen LogP contribution in [0.25, 0.3) is 0 Å². The minimum Gasteiger partial charge on any atom is -0.478 e. The third kappa shape index (κ3) is 4.52. The number of anilines is 1. The van der Waals surface area contributed by atoms with Gasteiger partial charge in [-0.1, -0.05) is 20.8 Å². The van der Waals surface area contributed by atoms with Gasteiger partial charge in [0.25, 0.3) is 0 Å². The van der Waals surface area contributed by atoms with Crippen molar-refractivity contribution in [1.29, 1.82) is 0 Å². The van der Waals surface area contributed by atoms with Gasteiger partial charge >= 0.3 is 12.0 Å². The third-order valence-electron chi connectivity index (χ3n) is 3.02. The second kappa shape index (κ2) is 7.28. The number of amides is 2. The second-order valence-corrected chi connectivity index (χ2v) is 5.71. The summed E-state index contributed by atoms with van der Waals surface area (Å²) in [5, 5.41) is 14.5. The Morgan fingerprint density at radius 3 is 2.50 bits per heavy atom. The molecule has 0 aliphatic carbocycles. The minimum absolute atomic E-state index is 0.0874. The number of carboxylic acids is 1. The van der Waals surface area contributed by atoms with Crippen molar-refractivity contribution in [2.24, 2.45) is 5.92 Å². The van der Waals surface area contributed by atoms with Gasteiger partial charge in [-0.15, -0.1) is 0 Å². The summed E-state index contributed by atoms with van der Waals surface area (Å²) >= 11 is 3.16. The fourth-order valence-electron chi connectivity index (χ4n) is 1.84. The maximum atomic E-state index is 11.9. The second-order valence-electron chi connectivity index (χ2n) is 4.86. The van der Waals surface area contributed by atoms with Crippen LogP contribution in [0.3, 0.4) is 0 Å². The van der Waals surface area contributed by atoms with Gasteiger partial charge in [-0.05, 0) is 46.5 Å². The molecule has 20 heavy (non-hydrogen) atoms. The molecule has 0 aliphatic rings. The molecule has 2 amide bonds. The molecule has 1 atom stereocenters. The monoisotopic (exact) mass is 342 g/mol. The van der Waals surface area contributed by atoms with Crippen molar-refractivity contribution in [3.63, 3.8) is 0 Å². The lowest BCUT2D eigenvalue weighted by Gasteiger charge is -2.21. The summed E-state index contributed by atoms with van der Waals surface area (Å²) in [7, 11) is 0. The van der Waals surface area contributed by atoms with Crippen molar-refractivity contribution in [3.8, 4) is 0 Å². The first-order valence-corrected chi connectivity index (χ1v) is 7.24. The van der Waals surface area contributed by atoms with Crippen LogP contribution in [-0.2, 0) is 0 Å². The van der Waals surface area contributed by atoms with Gasteiger partial charge in [0.2, 0.25) is 0 Å². The van der Waals surface area contributed by atoms with Gasteiger partial charge < -0.3 is 15.7 Å². The minimum atomic E-state index is -1.05. The summed E-state index contributed by atoms with van der Waals surface area (Å²) in [6.07, 6.45) is 0.839. The Kier molecular flexibility index (Phi) is 6.01. The smallest absolute Gasteiger partial charge is 0.336 e. The lowest BCUT2D eigenvalue weighted by molar-refractivity contribution is 0.0696. The molecule has 0 spiro atoms. The summed E-state index contributed by atoms with van der Waals surface area (Å²) in [6.45, 7) is 6.08. The molecule has 5 nitrogen and oxygen atoms in total. The van der Waals surface area contributed by atoms with Crippen LogP contribution in [0.4, 0.5) is 10.5 Å². The number of hydrogen-bond acceptors (Lipinski definition) is 2. The van der Waals surface area contributed by atoms with Gasteiger partial charge in [0.15, 0.2) is 0 Å². The molecule has 0 aromatic heterocycles. The Morgan fingerprint density at radius 2 is 2.00 bits per heavy atom. The molecule has 1 unspecified atom stereocenters. The van der Waals surface area contributed by atoms with Crippen LogP contribution in [0.1, 0.15) is 37.6 Å². The molecule has 0 fully saturated rings. The Labute approximate surface area is 126 Å². The Morgan fingerprint density at radius 1 is 1.35 bits per heavy atom. The van der Waals surface area contributed by atoms with Crippen molar-refractivity contribution in [2.45, 2.75) is 33.2 Å². The molecule has 3 N–H and O–H groups in total. The van der Waals surface area contributed by atoms with Crippen LogP contribution in [0.15, 0.2) is 22.7 Å². The van der Waals surface area contributed by atoms with Crippen molar-refractivity contribution in [2.75, 3.05) is 5.32 Å². The van der Waals surface area contributed by atoms with Gasteiger partial charge in [-0.3, -0.25) is 0 Å². The highest BCUT2D eigenvalue weighted by atomic mass is 79.9. The lowest BCUT2D eigenvalue weighted by Crippen LogP contribution is -2.40. The number of carboxylic acid groups (broad SMARTS) is 1. The topological polar surface area (TPSA) is 78.4 Å². The zero-order chi connectivity index (χ0) is 15.3. The van der Waals surface area contributed by atoms with E-state index in [1.165, 1.54) is 6.07 Å². The number of carbonyl (C=O) groups excluding carboxylic acids is 1. The highest BCUT2D eigenvalue weighted by Gasteiger charge is 2.15. The van der Waals surface area contributed by atoms with Crippen LogP contribution in [0, 0.1) is 5.92 Å². The van der Waals surface area contributed by atoms with Crippen LogP contribution in [0.5, 0.6) is 0 Å². The third-order valence-corrected chi connectivity index (χ3v) is 3.71. The first kappa shape index (κ1) is 16.5. The zero-order valence-electron chi connectivity index (χ0n) is 11.7. The Balaban J connectivity index is 2.76. The number of urea groups is 1. The highest BCUT2D eigenvalue weighted by molar-refractivity contribution is 9.10. The number of hydrogen-bond donors (Lipinski definition) is 3. The van der Waals surface area contributed by atoms with Gasteiger partial charge in [-0.2, -0.15) is 0 Å². The molecule has 0 heterocycles. The summed E-state index contributed by atoms with van der Waals surface area (Å²) in [5.74, 6) is -0.709. The van der Waals surface area contributed by atoms with Crippen molar-refractivity contribution < 1.29 is 14.7 Å². The predicted octanol–water partition coefficient (Wildman–Crippen LogP) is 3.70. The van der Waals surface area contributed by atoms with Gasteiger partial charge in [0, 0.05) is 16.2 Å². The Bertz CT molecular complexity index is 503. The van der Waals surface area contributed by atoms with Crippen LogP contribution < -0.4 is 10.6 Å². The van der Waals surface area contributed by atoms with E-state index < -0.39 is 5.97 Å². The van der Waals surface area contributed by atoms with E-state index in [0.717, 1.165) is 6.42 Å². The van der Waals surface area contributed by atoms with Crippen molar-refractivity contribution in [3.05, 3.63) is 28.2 Å². The molecule has 6 heteroatoms. The molecule has 0 saturated carbocycles. The number of carbonyl (C=O) groups is 2. The molecular weight excluding hydrogens is 324 g/mol. The van der Waals surface area contributed by atoms with Crippen molar-refractivity contribution in [1.82, 2.24) is 5.32 Å². The summed E-state index contributed by atoms with van der Waals surface area (Å²) in [4.78, 5) is 22.9. The number of halogens is 1. The molecule has 0 bridgehead atoms. The van der Waals surface area contributed by atoms with E-state index in [9.17, 15) is 9.59 Å². The normalized spacial score (nSPS) is 12.1. The fraction of sp³-hybridized carbons (Fsp3) is 0.429. The number of rotatable bonds is 5. The Hall–Kier alpha value is -1.56. The van der Waals surface area contributed by atoms with E-state index in [4.69, 9.17) is 5.11 Å². The fourth-order valence-corrected chi connectivity index (χ4v) is 2.26. The lowest BCUT2D eigenvalue weighted by atomic mass is 10.0. The highest BCUT2D eigenvalue weighted by Crippen LogP contribution is 2.21. The van der Waals surface area contributed by atoms with E-state index >= 15 is 0 Å². The average molecular weight is 343 g/mol. The SMILES string of the molecule is CCC(NC(=O)Nc1ccc(Br)c(C(=O)O)c1)C(C)C.